The average molecular weight is 410 g/mol. The van der Waals surface area contributed by atoms with Gasteiger partial charge in [0.05, 0.1) is 41.7 Å². The monoisotopic (exact) mass is 410 g/mol. The molecule has 0 aromatic carbocycles. The van der Waals surface area contributed by atoms with Crippen LogP contribution in [0, 0.1) is 18.8 Å². The number of rotatable bonds is 5. The lowest BCUT2D eigenvalue weighted by Gasteiger charge is -2.27. The highest BCUT2D eigenvalue weighted by molar-refractivity contribution is 7.09. The molecule has 0 saturated carbocycles. The summed E-state index contributed by atoms with van der Waals surface area (Å²) in [6.07, 6.45) is 7.07. The molecule has 150 valence electrons. The van der Waals surface area contributed by atoms with Crippen LogP contribution >= 0.6 is 11.3 Å². The molecule has 2 aromatic rings. The number of aromatic nitrogens is 2. The molecule has 1 spiro atoms. The summed E-state index contributed by atoms with van der Waals surface area (Å²) in [5.74, 6) is -1.04. The van der Waals surface area contributed by atoms with Crippen molar-refractivity contribution in [1.82, 2.24) is 19.8 Å². The molecule has 2 saturated heterocycles. The Morgan fingerprint density at radius 3 is 3.07 bits per heavy atom. The molecule has 3 aliphatic rings. The number of amides is 2. The van der Waals surface area contributed by atoms with Crippen molar-refractivity contribution in [3.8, 4) is 0 Å². The first-order chi connectivity index (χ1) is 14.0. The number of aryl methyl sites for hydroxylation is 1. The fraction of sp³-hybridized carbons (Fsp3) is 0.429. The zero-order chi connectivity index (χ0) is 20.2. The van der Waals surface area contributed by atoms with Crippen LogP contribution in [-0.4, -0.2) is 56.9 Å². The van der Waals surface area contributed by atoms with Crippen LogP contribution in [0.25, 0.3) is 0 Å². The standard InChI is InChI=1S/C21H22N4O3S/c1-13-23-15(11-29-13)10-24(2)19(26)17-16-5-6-21(28-16)12-25(20(27)18(17)21)9-14-4-3-7-22-8-14/h3-8,11,16-18H,9-10,12H2,1-2H3/t16-,17?,18?,21-/m0/s1. The van der Waals surface area contributed by atoms with Crippen molar-refractivity contribution in [2.45, 2.75) is 31.7 Å². The first kappa shape index (κ1) is 18.4. The van der Waals surface area contributed by atoms with Gasteiger partial charge < -0.3 is 14.5 Å². The molecule has 5 heterocycles. The number of carbonyl (C=O) groups excluding carboxylic acids is 2. The molecular formula is C21H22N4O3S. The predicted octanol–water partition coefficient (Wildman–Crippen LogP) is 1.79. The molecule has 8 heteroatoms. The van der Waals surface area contributed by atoms with Crippen LogP contribution < -0.4 is 0 Å². The van der Waals surface area contributed by atoms with Crippen LogP contribution in [0.3, 0.4) is 0 Å². The van der Waals surface area contributed by atoms with E-state index >= 15 is 0 Å². The number of nitrogens with zero attached hydrogens (tertiary/aromatic N) is 4. The molecule has 4 atom stereocenters. The summed E-state index contributed by atoms with van der Waals surface area (Å²) < 4.78 is 6.21. The largest absolute Gasteiger partial charge is 0.360 e. The number of thiazole rings is 1. The van der Waals surface area contributed by atoms with E-state index < -0.39 is 17.4 Å². The van der Waals surface area contributed by atoms with Gasteiger partial charge >= 0.3 is 0 Å². The van der Waals surface area contributed by atoms with Crippen molar-refractivity contribution in [3.05, 3.63) is 58.3 Å². The fourth-order valence-electron chi connectivity index (χ4n) is 4.76. The second-order valence-corrected chi connectivity index (χ2v) is 9.07. The van der Waals surface area contributed by atoms with Gasteiger partial charge in [-0.1, -0.05) is 18.2 Å². The third-order valence-corrected chi connectivity index (χ3v) is 6.82. The van der Waals surface area contributed by atoms with Gasteiger partial charge in [0, 0.05) is 31.4 Å². The second-order valence-electron chi connectivity index (χ2n) is 8.01. The maximum atomic E-state index is 13.3. The normalized spacial score (nSPS) is 29.5. The first-order valence-corrected chi connectivity index (χ1v) is 10.6. The van der Waals surface area contributed by atoms with Crippen molar-refractivity contribution in [3.63, 3.8) is 0 Å². The molecule has 2 fully saturated rings. The number of likely N-dealkylation sites (tertiary alicyclic amines) is 1. The third-order valence-electron chi connectivity index (χ3n) is 6.00. The Morgan fingerprint density at radius 1 is 1.48 bits per heavy atom. The summed E-state index contributed by atoms with van der Waals surface area (Å²) >= 11 is 1.57. The number of hydrogen-bond donors (Lipinski definition) is 0. The van der Waals surface area contributed by atoms with E-state index in [-0.39, 0.29) is 17.9 Å². The lowest BCUT2D eigenvalue weighted by atomic mass is 9.76. The minimum Gasteiger partial charge on any atom is -0.360 e. The van der Waals surface area contributed by atoms with Gasteiger partial charge in [-0.2, -0.15) is 0 Å². The summed E-state index contributed by atoms with van der Waals surface area (Å²) in [5, 5.41) is 2.94. The lowest BCUT2D eigenvalue weighted by molar-refractivity contribution is -0.142. The van der Waals surface area contributed by atoms with Gasteiger partial charge in [0.25, 0.3) is 0 Å². The third kappa shape index (κ3) is 2.98. The Labute approximate surface area is 173 Å². The van der Waals surface area contributed by atoms with Crippen LogP contribution in [0.4, 0.5) is 0 Å². The van der Waals surface area contributed by atoms with Gasteiger partial charge in [-0.3, -0.25) is 14.6 Å². The maximum Gasteiger partial charge on any atom is 0.230 e. The van der Waals surface area contributed by atoms with Crippen molar-refractivity contribution < 1.29 is 14.3 Å². The Hall–Kier alpha value is -2.58. The number of hydrogen-bond acceptors (Lipinski definition) is 6. The molecular weight excluding hydrogens is 388 g/mol. The van der Waals surface area contributed by atoms with E-state index in [2.05, 4.69) is 9.97 Å². The summed E-state index contributed by atoms with van der Waals surface area (Å²) in [6.45, 7) is 3.32. The van der Waals surface area contributed by atoms with Crippen LogP contribution in [0.5, 0.6) is 0 Å². The van der Waals surface area contributed by atoms with Crippen LogP contribution in [0.1, 0.15) is 16.3 Å². The molecule has 2 bridgehead atoms. The zero-order valence-corrected chi connectivity index (χ0v) is 17.1. The van der Waals surface area contributed by atoms with E-state index in [1.54, 1.807) is 40.6 Å². The molecule has 29 heavy (non-hydrogen) atoms. The number of carbonyl (C=O) groups is 2. The van der Waals surface area contributed by atoms with Gasteiger partial charge in [-0.05, 0) is 18.6 Å². The SMILES string of the molecule is Cc1nc(CN(C)C(=O)C2C3C(=O)N(Cc4cccnc4)C[C@@]34C=C[C@@H]2O4)cs1. The molecule has 2 unspecified atom stereocenters. The minimum absolute atomic E-state index is 0.0167. The number of pyridine rings is 1. The average Bonchev–Trinajstić information content (AvgIpc) is 3.44. The molecule has 5 rings (SSSR count). The zero-order valence-electron chi connectivity index (χ0n) is 16.3. The van der Waals surface area contributed by atoms with Crippen molar-refractivity contribution in [2.24, 2.45) is 11.8 Å². The Morgan fingerprint density at radius 2 is 2.34 bits per heavy atom. The molecule has 0 aliphatic carbocycles. The van der Waals surface area contributed by atoms with Crippen molar-refractivity contribution >= 4 is 23.2 Å². The molecule has 0 N–H and O–H groups in total. The van der Waals surface area contributed by atoms with Crippen LogP contribution in [0.15, 0.2) is 42.1 Å². The highest BCUT2D eigenvalue weighted by atomic mass is 32.1. The lowest BCUT2D eigenvalue weighted by Crippen LogP contribution is -2.44. The van der Waals surface area contributed by atoms with Gasteiger partial charge in [-0.25, -0.2) is 4.98 Å². The van der Waals surface area contributed by atoms with Gasteiger partial charge in [0.15, 0.2) is 0 Å². The molecule has 7 nitrogen and oxygen atoms in total. The Bertz CT molecular complexity index is 991. The van der Waals surface area contributed by atoms with Crippen LogP contribution in [-0.2, 0) is 27.4 Å². The predicted molar refractivity (Wildman–Crippen MR) is 107 cm³/mol. The highest BCUT2D eigenvalue weighted by Gasteiger charge is 2.67. The maximum absolute atomic E-state index is 13.3. The number of ether oxygens (including phenoxy) is 1. The molecule has 2 aromatic heterocycles. The van der Waals surface area contributed by atoms with E-state index in [4.69, 9.17) is 4.74 Å². The summed E-state index contributed by atoms with van der Waals surface area (Å²) in [4.78, 5) is 38.6. The smallest absolute Gasteiger partial charge is 0.230 e. The van der Waals surface area contributed by atoms with Gasteiger partial charge in [0.1, 0.15) is 5.60 Å². The Kier molecular flexibility index (Phi) is 4.29. The summed E-state index contributed by atoms with van der Waals surface area (Å²) in [6, 6.07) is 3.81. The van der Waals surface area contributed by atoms with E-state index in [9.17, 15) is 9.59 Å². The second kappa shape index (κ2) is 6.74. The first-order valence-electron chi connectivity index (χ1n) is 9.68. The summed E-state index contributed by atoms with van der Waals surface area (Å²) in [5.41, 5.74) is 1.14. The molecule has 0 radical (unpaired) electrons. The Balaban J connectivity index is 1.36. The number of fused-ring (bicyclic) bond motifs is 1. The summed E-state index contributed by atoms with van der Waals surface area (Å²) in [7, 11) is 1.77. The van der Waals surface area contributed by atoms with E-state index in [0.29, 0.717) is 19.6 Å². The fourth-order valence-corrected chi connectivity index (χ4v) is 5.37. The van der Waals surface area contributed by atoms with Gasteiger partial charge in [0.2, 0.25) is 11.8 Å². The quantitative estimate of drug-likeness (QED) is 0.703. The topological polar surface area (TPSA) is 75.6 Å². The van der Waals surface area contributed by atoms with E-state index in [0.717, 1.165) is 16.3 Å². The van der Waals surface area contributed by atoms with Crippen molar-refractivity contribution in [1.29, 1.82) is 0 Å². The molecule has 2 amide bonds. The van der Waals surface area contributed by atoms with Crippen LogP contribution in [0.2, 0.25) is 0 Å². The highest BCUT2D eigenvalue weighted by Crippen LogP contribution is 2.52. The van der Waals surface area contributed by atoms with Gasteiger partial charge in [-0.15, -0.1) is 11.3 Å². The molecule has 3 aliphatic heterocycles. The van der Waals surface area contributed by atoms with E-state index in [1.165, 1.54) is 0 Å². The van der Waals surface area contributed by atoms with Crippen molar-refractivity contribution in [2.75, 3.05) is 13.6 Å². The minimum atomic E-state index is -0.692. The van der Waals surface area contributed by atoms with E-state index in [1.807, 2.05) is 36.6 Å².